The van der Waals surface area contributed by atoms with Gasteiger partial charge in [-0.2, -0.15) is 5.10 Å². The van der Waals surface area contributed by atoms with Crippen molar-refractivity contribution in [3.05, 3.63) is 66.0 Å². The summed E-state index contributed by atoms with van der Waals surface area (Å²) in [5.41, 5.74) is 3.90. The van der Waals surface area contributed by atoms with E-state index in [4.69, 9.17) is 0 Å². The van der Waals surface area contributed by atoms with Crippen LogP contribution in [-0.4, -0.2) is 24.6 Å². The smallest absolute Gasteiger partial charge is 0.271 e. The van der Waals surface area contributed by atoms with Gasteiger partial charge in [0.25, 0.3) is 5.91 Å². The lowest BCUT2D eigenvalue weighted by molar-refractivity contribution is -0.117. The van der Waals surface area contributed by atoms with Crippen molar-refractivity contribution < 1.29 is 14.0 Å². The summed E-state index contributed by atoms with van der Waals surface area (Å²) in [4.78, 5) is 25.6. The number of hydrogen-bond acceptors (Lipinski definition) is 3. The zero-order valence-electron chi connectivity index (χ0n) is 13.5. The number of hydrogen-bond donors (Lipinski definition) is 1. The molecule has 2 aromatic carbocycles. The Morgan fingerprint density at radius 3 is 2.33 bits per heavy atom. The van der Waals surface area contributed by atoms with Gasteiger partial charge in [-0.25, -0.2) is 9.82 Å². The molecule has 0 fully saturated rings. The summed E-state index contributed by atoms with van der Waals surface area (Å²) in [5.74, 6) is -1.02. The maximum Gasteiger partial charge on any atom is 0.271 e. The Bertz CT molecular complexity index is 743. The third-order valence-electron chi connectivity index (χ3n) is 3.38. The van der Waals surface area contributed by atoms with Gasteiger partial charge in [-0.05, 0) is 43.3 Å². The number of amides is 2. The Balaban J connectivity index is 1.92. The predicted octanol–water partition coefficient (Wildman–Crippen LogP) is 2.98. The topological polar surface area (TPSA) is 61.8 Å². The van der Waals surface area contributed by atoms with Gasteiger partial charge in [-0.15, -0.1) is 0 Å². The number of benzene rings is 2. The molecule has 0 saturated carbocycles. The molecule has 2 amide bonds. The second kappa shape index (κ2) is 8.01. The molecule has 124 valence electrons. The van der Waals surface area contributed by atoms with Crippen LogP contribution in [-0.2, 0) is 4.79 Å². The third kappa shape index (κ3) is 4.74. The number of rotatable bonds is 5. The first-order valence-electron chi connectivity index (χ1n) is 7.38. The minimum Gasteiger partial charge on any atom is -0.315 e. The van der Waals surface area contributed by atoms with E-state index in [2.05, 4.69) is 10.5 Å². The minimum atomic E-state index is -0.460. The largest absolute Gasteiger partial charge is 0.315 e. The van der Waals surface area contributed by atoms with E-state index >= 15 is 0 Å². The van der Waals surface area contributed by atoms with Gasteiger partial charge >= 0.3 is 0 Å². The Morgan fingerprint density at radius 2 is 1.71 bits per heavy atom. The number of carbonyl (C=O) groups excluding carboxylic acids is 2. The fourth-order valence-corrected chi connectivity index (χ4v) is 1.98. The molecule has 0 spiro atoms. The van der Waals surface area contributed by atoms with Crippen molar-refractivity contribution in [2.45, 2.75) is 13.3 Å². The highest BCUT2D eigenvalue weighted by Gasteiger charge is 2.12. The van der Waals surface area contributed by atoms with Crippen LogP contribution >= 0.6 is 0 Å². The Hall–Kier alpha value is -3.02. The van der Waals surface area contributed by atoms with E-state index < -0.39 is 11.7 Å². The van der Waals surface area contributed by atoms with Crippen molar-refractivity contribution in [2.75, 3.05) is 11.9 Å². The van der Waals surface area contributed by atoms with Crippen LogP contribution in [0.4, 0.5) is 10.1 Å². The highest BCUT2D eigenvalue weighted by Crippen LogP contribution is 2.12. The summed E-state index contributed by atoms with van der Waals surface area (Å²) >= 11 is 0. The number of halogens is 1. The van der Waals surface area contributed by atoms with Crippen LogP contribution < -0.4 is 10.3 Å². The van der Waals surface area contributed by atoms with Crippen LogP contribution in [0.3, 0.4) is 0 Å². The van der Waals surface area contributed by atoms with Gasteiger partial charge in [0, 0.05) is 24.0 Å². The zero-order valence-corrected chi connectivity index (χ0v) is 13.5. The number of nitrogens with zero attached hydrogens (tertiary/aromatic N) is 2. The van der Waals surface area contributed by atoms with Crippen LogP contribution in [0.1, 0.15) is 23.7 Å². The van der Waals surface area contributed by atoms with Gasteiger partial charge in [-0.3, -0.25) is 9.59 Å². The van der Waals surface area contributed by atoms with Crippen LogP contribution in [0.15, 0.2) is 59.7 Å². The molecule has 0 saturated heterocycles. The molecule has 0 heterocycles. The van der Waals surface area contributed by atoms with E-state index in [9.17, 15) is 14.0 Å². The van der Waals surface area contributed by atoms with Crippen molar-refractivity contribution >= 4 is 23.2 Å². The molecule has 0 radical (unpaired) electrons. The molecular weight excluding hydrogens is 309 g/mol. The van der Waals surface area contributed by atoms with Crippen molar-refractivity contribution in [3.8, 4) is 0 Å². The number of carbonyl (C=O) groups is 2. The molecule has 6 heteroatoms. The zero-order chi connectivity index (χ0) is 17.5. The molecule has 0 unspecified atom stereocenters. The molecule has 24 heavy (non-hydrogen) atoms. The first-order chi connectivity index (χ1) is 11.5. The average molecular weight is 327 g/mol. The minimum absolute atomic E-state index is 0.0785. The molecule has 0 aliphatic heterocycles. The Labute approximate surface area is 139 Å². The summed E-state index contributed by atoms with van der Waals surface area (Å²) in [5, 5.41) is 3.91. The van der Waals surface area contributed by atoms with Gasteiger partial charge < -0.3 is 4.90 Å². The summed E-state index contributed by atoms with van der Waals surface area (Å²) in [6, 6.07) is 14.4. The second-order valence-corrected chi connectivity index (χ2v) is 5.26. The molecule has 1 N–H and O–H groups in total. The highest BCUT2D eigenvalue weighted by atomic mass is 19.1. The predicted molar refractivity (Wildman–Crippen MR) is 91.4 cm³/mol. The van der Waals surface area contributed by atoms with Crippen LogP contribution in [0.2, 0.25) is 0 Å². The van der Waals surface area contributed by atoms with Crippen molar-refractivity contribution in [3.63, 3.8) is 0 Å². The number of hydrazone groups is 1. The van der Waals surface area contributed by atoms with E-state index in [1.807, 2.05) is 30.3 Å². The Kier molecular flexibility index (Phi) is 5.78. The molecule has 0 aromatic heterocycles. The standard InChI is InChI=1S/C18H18FN3O2/c1-13(12-17(23)22(2)16-6-4-3-5-7-16)20-21-18(24)14-8-10-15(19)11-9-14/h3-11H,12H2,1-2H3,(H,21,24)/b20-13-. The van der Waals surface area contributed by atoms with E-state index in [0.717, 1.165) is 5.69 Å². The van der Waals surface area contributed by atoms with Crippen LogP contribution in [0, 0.1) is 5.82 Å². The highest BCUT2D eigenvalue weighted by molar-refractivity contribution is 6.07. The van der Waals surface area contributed by atoms with E-state index in [1.54, 1.807) is 14.0 Å². The van der Waals surface area contributed by atoms with Gasteiger partial charge in [0.2, 0.25) is 5.91 Å². The molecule has 2 rings (SSSR count). The van der Waals surface area contributed by atoms with Gasteiger partial charge in [0.05, 0.1) is 6.42 Å². The Morgan fingerprint density at radius 1 is 1.08 bits per heavy atom. The molecule has 0 bridgehead atoms. The van der Waals surface area contributed by atoms with Crippen molar-refractivity contribution in [1.82, 2.24) is 5.43 Å². The quantitative estimate of drug-likeness (QED) is 0.678. The van der Waals surface area contributed by atoms with Crippen molar-refractivity contribution in [1.29, 1.82) is 0 Å². The van der Waals surface area contributed by atoms with E-state index in [-0.39, 0.29) is 12.3 Å². The third-order valence-corrected chi connectivity index (χ3v) is 3.38. The summed E-state index contributed by atoms with van der Waals surface area (Å²) in [7, 11) is 1.68. The average Bonchev–Trinajstić information content (AvgIpc) is 2.60. The van der Waals surface area contributed by atoms with E-state index in [1.165, 1.54) is 29.2 Å². The van der Waals surface area contributed by atoms with Crippen molar-refractivity contribution in [2.24, 2.45) is 5.10 Å². The normalized spacial score (nSPS) is 11.0. The van der Waals surface area contributed by atoms with Gasteiger partial charge in [0.1, 0.15) is 5.82 Å². The first-order valence-corrected chi connectivity index (χ1v) is 7.38. The van der Waals surface area contributed by atoms with Gasteiger partial charge in [-0.1, -0.05) is 18.2 Å². The summed E-state index contributed by atoms with van der Waals surface area (Å²) in [6.45, 7) is 1.65. The molecule has 0 aliphatic carbocycles. The first kappa shape index (κ1) is 17.3. The molecule has 5 nitrogen and oxygen atoms in total. The molecule has 0 aliphatic rings. The fraction of sp³-hybridized carbons (Fsp3) is 0.167. The lowest BCUT2D eigenvalue weighted by Gasteiger charge is -2.17. The maximum atomic E-state index is 12.8. The summed E-state index contributed by atoms with van der Waals surface area (Å²) in [6.07, 6.45) is 0.0785. The van der Waals surface area contributed by atoms with Crippen LogP contribution in [0.5, 0.6) is 0 Å². The number of para-hydroxylation sites is 1. The maximum absolute atomic E-state index is 12.8. The van der Waals surface area contributed by atoms with Crippen LogP contribution in [0.25, 0.3) is 0 Å². The molecule has 0 atom stereocenters. The summed E-state index contributed by atoms with van der Waals surface area (Å²) < 4.78 is 12.8. The number of nitrogens with one attached hydrogen (secondary N) is 1. The second-order valence-electron chi connectivity index (χ2n) is 5.26. The van der Waals surface area contributed by atoms with E-state index in [0.29, 0.717) is 11.3 Å². The lowest BCUT2D eigenvalue weighted by Crippen LogP contribution is -2.28. The number of anilines is 1. The lowest BCUT2D eigenvalue weighted by atomic mass is 10.2. The molecule has 2 aromatic rings. The fourth-order valence-electron chi connectivity index (χ4n) is 1.98. The SMILES string of the molecule is C/C(CC(=O)N(C)c1ccccc1)=N/NC(=O)c1ccc(F)cc1. The van der Waals surface area contributed by atoms with Gasteiger partial charge in [0.15, 0.2) is 0 Å². The monoisotopic (exact) mass is 327 g/mol. The molecular formula is C18H18FN3O2.